The van der Waals surface area contributed by atoms with E-state index in [4.69, 9.17) is 16.3 Å². The quantitative estimate of drug-likeness (QED) is 0.901. The summed E-state index contributed by atoms with van der Waals surface area (Å²) in [6.45, 7) is 4.11. The molecule has 0 unspecified atom stereocenters. The Kier molecular flexibility index (Phi) is 3.07. The number of fused-ring (bicyclic) bond motifs is 1. The van der Waals surface area contributed by atoms with Gasteiger partial charge in [-0.2, -0.15) is 5.10 Å². The van der Waals surface area contributed by atoms with Crippen molar-refractivity contribution in [3.63, 3.8) is 0 Å². The van der Waals surface area contributed by atoms with Crippen molar-refractivity contribution in [3.05, 3.63) is 17.4 Å². The Bertz CT molecular complexity index is 508. The number of hydrogen-bond acceptors (Lipinski definition) is 4. The molecule has 3 aliphatic heterocycles. The van der Waals surface area contributed by atoms with Gasteiger partial charge >= 0.3 is 0 Å². The lowest BCUT2D eigenvalue weighted by molar-refractivity contribution is 0.000748. The average molecular weight is 298 g/mol. The molecule has 1 aromatic heterocycles. The van der Waals surface area contributed by atoms with Gasteiger partial charge in [0.1, 0.15) is 0 Å². The van der Waals surface area contributed by atoms with Crippen molar-refractivity contribution in [1.82, 2.24) is 14.7 Å². The summed E-state index contributed by atoms with van der Waals surface area (Å²) in [6.07, 6.45) is 6.10. The van der Waals surface area contributed by atoms with Crippen molar-refractivity contribution in [3.8, 4) is 0 Å². The van der Waals surface area contributed by atoms with Crippen molar-refractivity contribution in [2.45, 2.75) is 31.1 Å². The molecule has 20 heavy (non-hydrogen) atoms. The van der Waals surface area contributed by atoms with E-state index in [-0.39, 0.29) is 12.2 Å². The van der Waals surface area contributed by atoms with Crippen LogP contribution in [-0.2, 0) is 11.3 Å². The molecule has 1 N–H and O–H groups in total. The first kappa shape index (κ1) is 13.1. The summed E-state index contributed by atoms with van der Waals surface area (Å²) < 4.78 is 8.11. The van der Waals surface area contributed by atoms with E-state index in [1.807, 2.05) is 10.9 Å². The molecule has 1 spiro atoms. The molecule has 0 aromatic carbocycles. The monoisotopic (exact) mass is 297 g/mol. The second-order valence-electron chi connectivity index (χ2n) is 6.37. The maximum Gasteiger partial charge on any atom is 0.0858 e. The minimum Gasteiger partial charge on any atom is -0.396 e. The molecule has 0 aliphatic carbocycles. The van der Waals surface area contributed by atoms with Crippen molar-refractivity contribution in [2.24, 2.45) is 11.8 Å². The van der Waals surface area contributed by atoms with Gasteiger partial charge in [-0.15, -0.1) is 0 Å². The molecule has 4 atom stereocenters. The molecule has 3 fully saturated rings. The van der Waals surface area contributed by atoms with E-state index in [1.165, 1.54) is 0 Å². The largest absolute Gasteiger partial charge is 0.396 e. The number of ether oxygens (including phenoxy) is 1. The lowest BCUT2D eigenvalue weighted by atomic mass is 9.74. The lowest BCUT2D eigenvalue weighted by Crippen LogP contribution is -2.38. The molecular formula is C14H20ClN3O2. The van der Waals surface area contributed by atoms with Crippen molar-refractivity contribution in [1.29, 1.82) is 0 Å². The number of halogens is 1. The van der Waals surface area contributed by atoms with E-state index in [0.717, 1.165) is 39.0 Å². The van der Waals surface area contributed by atoms with Crippen molar-refractivity contribution < 1.29 is 9.84 Å². The fourth-order valence-corrected chi connectivity index (χ4v) is 4.56. The highest BCUT2D eigenvalue weighted by atomic mass is 35.5. The fraction of sp³-hybridized carbons (Fsp3) is 0.786. The van der Waals surface area contributed by atoms with Crippen LogP contribution in [0, 0.1) is 11.8 Å². The normalized spacial score (nSPS) is 39.6. The average Bonchev–Trinajstić information content (AvgIpc) is 3.14. The molecule has 1 aromatic rings. The van der Waals surface area contributed by atoms with Gasteiger partial charge in [0, 0.05) is 44.3 Å². The minimum absolute atomic E-state index is 0.0276. The van der Waals surface area contributed by atoms with Crippen molar-refractivity contribution in [2.75, 3.05) is 26.2 Å². The van der Waals surface area contributed by atoms with Gasteiger partial charge in [-0.1, -0.05) is 11.6 Å². The Balaban J connectivity index is 1.41. The Labute approximate surface area is 123 Å². The van der Waals surface area contributed by atoms with Crippen LogP contribution in [0.4, 0.5) is 0 Å². The van der Waals surface area contributed by atoms with Gasteiger partial charge < -0.3 is 9.84 Å². The van der Waals surface area contributed by atoms with Crippen LogP contribution in [0.25, 0.3) is 0 Å². The number of aliphatic hydroxyl groups excluding tert-OH is 1. The Hall–Kier alpha value is -0.620. The molecule has 4 heterocycles. The first-order valence-electron chi connectivity index (χ1n) is 7.39. The maximum absolute atomic E-state index is 9.60. The van der Waals surface area contributed by atoms with Gasteiger partial charge in [-0.3, -0.25) is 9.58 Å². The van der Waals surface area contributed by atoms with Crippen LogP contribution in [0.2, 0.25) is 5.02 Å². The Morgan fingerprint density at radius 1 is 1.50 bits per heavy atom. The zero-order valence-corrected chi connectivity index (χ0v) is 12.2. The second kappa shape index (κ2) is 4.70. The van der Waals surface area contributed by atoms with E-state index >= 15 is 0 Å². The van der Waals surface area contributed by atoms with Crippen LogP contribution in [-0.4, -0.2) is 57.7 Å². The number of hydrogen-bond donors (Lipinski definition) is 1. The van der Waals surface area contributed by atoms with Gasteiger partial charge in [-0.05, 0) is 12.8 Å². The molecule has 0 radical (unpaired) electrons. The molecule has 0 saturated carbocycles. The topological polar surface area (TPSA) is 50.5 Å². The van der Waals surface area contributed by atoms with Gasteiger partial charge in [0.25, 0.3) is 0 Å². The predicted octanol–water partition coefficient (Wildman–Crippen LogP) is 1.01. The molecule has 5 nitrogen and oxygen atoms in total. The molecule has 0 amide bonds. The molecule has 3 aliphatic rings. The highest BCUT2D eigenvalue weighted by Gasteiger charge is 2.62. The molecular weight excluding hydrogens is 278 g/mol. The van der Waals surface area contributed by atoms with Crippen LogP contribution >= 0.6 is 11.6 Å². The van der Waals surface area contributed by atoms with Crippen LogP contribution in [0.15, 0.2) is 12.4 Å². The van der Waals surface area contributed by atoms with E-state index < -0.39 is 0 Å². The van der Waals surface area contributed by atoms with Crippen LogP contribution in [0.3, 0.4) is 0 Å². The summed E-state index contributed by atoms with van der Waals surface area (Å²) in [7, 11) is 0. The molecule has 110 valence electrons. The maximum atomic E-state index is 9.60. The standard InChI is InChI=1S/C14H20ClN3O2/c15-10-5-16-18(6-10)4-3-17-7-12-11(8-19)13-1-2-14(12,9-17)20-13/h5-6,11-13,19H,1-4,7-9H2/t11-,12+,13+,14+/m1/s1. The van der Waals surface area contributed by atoms with Gasteiger partial charge in [-0.25, -0.2) is 0 Å². The van der Waals surface area contributed by atoms with E-state index in [2.05, 4.69) is 10.00 Å². The molecule has 6 heteroatoms. The van der Waals surface area contributed by atoms with Crippen molar-refractivity contribution >= 4 is 11.6 Å². The fourth-order valence-electron chi connectivity index (χ4n) is 4.41. The Morgan fingerprint density at radius 2 is 2.40 bits per heavy atom. The van der Waals surface area contributed by atoms with Gasteiger partial charge in [0.15, 0.2) is 0 Å². The summed E-state index contributed by atoms with van der Waals surface area (Å²) in [4.78, 5) is 2.45. The van der Waals surface area contributed by atoms with Crippen LogP contribution in [0.1, 0.15) is 12.8 Å². The zero-order chi connectivity index (χ0) is 13.7. The predicted molar refractivity (Wildman–Crippen MR) is 74.6 cm³/mol. The number of aromatic nitrogens is 2. The number of aliphatic hydroxyl groups is 1. The van der Waals surface area contributed by atoms with Gasteiger partial charge in [0.2, 0.25) is 0 Å². The van der Waals surface area contributed by atoms with E-state index in [0.29, 0.717) is 23.0 Å². The molecule has 3 saturated heterocycles. The second-order valence-corrected chi connectivity index (χ2v) is 6.81. The first-order valence-corrected chi connectivity index (χ1v) is 7.77. The number of rotatable bonds is 4. The highest BCUT2D eigenvalue weighted by molar-refractivity contribution is 6.30. The minimum atomic E-state index is 0.0276. The van der Waals surface area contributed by atoms with Gasteiger partial charge in [0.05, 0.1) is 29.5 Å². The zero-order valence-electron chi connectivity index (χ0n) is 11.4. The van der Waals surface area contributed by atoms with E-state index in [1.54, 1.807) is 6.20 Å². The highest BCUT2D eigenvalue weighted by Crippen LogP contribution is 2.54. The first-order chi connectivity index (χ1) is 9.70. The molecule has 4 rings (SSSR count). The molecule has 2 bridgehead atoms. The lowest BCUT2D eigenvalue weighted by Gasteiger charge is -2.28. The number of likely N-dealkylation sites (tertiary alicyclic amines) is 1. The third kappa shape index (κ3) is 1.91. The summed E-state index contributed by atoms with van der Waals surface area (Å²) in [5, 5.41) is 14.5. The third-order valence-corrected chi connectivity index (χ3v) is 5.51. The third-order valence-electron chi connectivity index (χ3n) is 5.31. The SMILES string of the molecule is OC[C@H]1[C@@H]2CC[C@@]3(CN(CCn4cc(Cl)cn4)C[C@@H]13)O2. The van der Waals surface area contributed by atoms with Crippen LogP contribution in [0.5, 0.6) is 0 Å². The van der Waals surface area contributed by atoms with E-state index in [9.17, 15) is 5.11 Å². The summed E-state index contributed by atoms with van der Waals surface area (Å²) in [5.74, 6) is 0.848. The van der Waals surface area contributed by atoms with Crippen LogP contribution < -0.4 is 0 Å². The smallest absolute Gasteiger partial charge is 0.0858 e. The Morgan fingerprint density at radius 3 is 3.15 bits per heavy atom. The number of nitrogens with zero attached hydrogens (tertiary/aromatic N) is 3. The summed E-state index contributed by atoms with van der Waals surface area (Å²) in [5.41, 5.74) is 0.0276. The summed E-state index contributed by atoms with van der Waals surface area (Å²) in [6, 6.07) is 0. The summed E-state index contributed by atoms with van der Waals surface area (Å²) >= 11 is 5.88.